The Morgan fingerprint density at radius 2 is 2.12 bits per heavy atom. The molecule has 1 unspecified atom stereocenters. The molecule has 0 aliphatic rings. The van der Waals surface area contributed by atoms with Crippen molar-refractivity contribution in [2.45, 2.75) is 27.2 Å². The fourth-order valence-electron chi connectivity index (χ4n) is 1.59. The quantitative estimate of drug-likeness (QED) is 0.817. The highest BCUT2D eigenvalue weighted by Gasteiger charge is 2.12. The molecule has 1 amide bonds. The van der Waals surface area contributed by atoms with Crippen molar-refractivity contribution in [3.63, 3.8) is 0 Å². The third-order valence-corrected chi connectivity index (χ3v) is 2.69. The summed E-state index contributed by atoms with van der Waals surface area (Å²) in [5, 5.41) is 2.93. The molecule has 3 heteroatoms. The van der Waals surface area contributed by atoms with Crippen molar-refractivity contribution >= 4 is 11.6 Å². The maximum absolute atomic E-state index is 11.8. The minimum absolute atomic E-state index is 0.0364. The van der Waals surface area contributed by atoms with Crippen LogP contribution in [-0.4, -0.2) is 12.5 Å². The molecule has 1 aromatic rings. The van der Waals surface area contributed by atoms with E-state index in [1.807, 2.05) is 32.9 Å². The molecule has 0 saturated heterocycles. The number of hydrogen-bond donors (Lipinski definition) is 2. The molecule has 0 aliphatic heterocycles. The number of rotatable bonds is 4. The minimum Gasteiger partial charge on any atom is -0.330 e. The summed E-state index contributed by atoms with van der Waals surface area (Å²) in [6, 6.07) is 6.00. The van der Waals surface area contributed by atoms with Crippen molar-refractivity contribution in [3.8, 4) is 0 Å². The van der Waals surface area contributed by atoms with Crippen molar-refractivity contribution in [3.05, 3.63) is 29.3 Å². The predicted octanol–water partition coefficient (Wildman–Crippen LogP) is 2.23. The Morgan fingerprint density at radius 1 is 1.44 bits per heavy atom. The lowest BCUT2D eigenvalue weighted by molar-refractivity contribution is -0.119. The maximum Gasteiger partial charge on any atom is 0.227 e. The van der Waals surface area contributed by atoms with E-state index in [0.717, 1.165) is 17.7 Å². The van der Waals surface area contributed by atoms with E-state index >= 15 is 0 Å². The topological polar surface area (TPSA) is 55.1 Å². The summed E-state index contributed by atoms with van der Waals surface area (Å²) in [5.41, 5.74) is 8.61. The number of amides is 1. The van der Waals surface area contributed by atoms with Gasteiger partial charge in [0.25, 0.3) is 0 Å². The minimum atomic E-state index is -0.0364. The number of benzene rings is 1. The Balaban J connectivity index is 2.69. The molecule has 0 spiro atoms. The zero-order chi connectivity index (χ0) is 12.1. The van der Waals surface area contributed by atoms with Crippen LogP contribution in [0.1, 0.15) is 24.5 Å². The lowest BCUT2D eigenvalue weighted by atomic mass is 10.1. The smallest absolute Gasteiger partial charge is 0.227 e. The van der Waals surface area contributed by atoms with E-state index in [-0.39, 0.29) is 11.8 Å². The van der Waals surface area contributed by atoms with Crippen molar-refractivity contribution in [2.75, 3.05) is 11.9 Å². The van der Waals surface area contributed by atoms with Crippen LogP contribution >= 0.6 is 0 Å². The molecule has 0 aliphatic carbocycles. The first kappa shape index (κ1) is 12.7. The fraction of sp³-hybridized carbons (Fsp3) is 0.462. The normalized spacial score (nSPS) is 12.2. The summed E-state index contributed by atoms with van der Waals surface area (Å²) in [7, 11) is 0. The van der Waals surface area contributed by atoms with Gasteiger partial charge in [0.1, 0.15) is 0 Å². The van der Waals surface area contributed by atoms with Crippen LogP contribution in [0.2, 0.25) is 0 Å². The van der Waals surface area contributed by atoms with Gasteiger partial charge in [0.15, 0.2) is 0 Å². The van der Waals surface area contributed by atoms with E-state index in [4.69, 9.17) is 5.73 Å². The van der Waals surface area contributed by atoms with Gasteiger partial charge >= 0.3 is 0 Å². The molecule has 0 radical (unpaired) electrons. The predicted molar refractivity (Wildman–Crippen MR) is 67.4 cm³/mol. The monoisotopic (exact) mass is 220 g/mol. The largest absolute Gasteiger partial charge is 0.330 e. The summed E-state index contributed by atoms with van der Waals surface area (Å²) in [6.45, 7) is 6.47. The summed E-state index contributed by atoms with van der Waals surface area (Å²) in [5.74, 6) is 0.00288. The summed E-state index contributed by atoms with van der Waals surface area (Å²) < 4.78 is 0. The van der Waals surface area contributed by atoms with Gasteiger partial charge in [0.2, 0.25) is 5.91 Å². The number of nitrogens with one attached hydrogen (secondary N) is 1. The first-order valence-electron chi connectivity index (χ1n) is 5.62. The van der Waals surface area contributed by atoms with Crippen LogP contribution in [0.15, 0.2) is 18.2 Å². The van der Waals surface area contributed by atoms with Gasteiger partial charge in [-0.15, -0.1) is 0 Å². The van der Waals surface area contributed by atoms with Crippen LogP contribution in [0, 0.1) is 19.8 Å². The molecule has 88 valence electrons. The number of carbonyl (C=O) groups is 1. The van der Waals surface area contributed by atoms with Crippen molar-refractivity contribution in [1.29, 1.82) is 0 Å². The van der Waals surface area contributed by atoms with Crippen molar-refractivity contribution < 1.29 is 4.79 Å². The molecule has 1 atom stereocenters. The van der Waals surface area contributed by atoms with Gasteiger partial charge < -0.3 is 11.1 Å². The van der Waals surface area contributed by atoms with E-state index in [2.05, 4.69) is 11.4 Å². The third kappa shape index (κ3) is 3.35. The van der Waals surface area contributed by atoms with Crippen LogP contribution in [-0.2, 0) is 4.79 Å². The standard InChI is InChI=1S/C13H20N2O/c1-9-4-5-12(11(3)8-9)15-13(16)10(2)6-7-14/h4-5,8,10H,6-7,14H2,1-3H3,(H,15,16). The second-order valence-corrected chi connectivity index (χ2v) is 4.29. The van der Waals surface area contributed by atoms with Gasteiger partial charge in [-0.25, -0.2) is 0 Å². The van der Waals surface area contributed by atoms with Gasteiger partial charge in [-0.2, -0.15) is 0 Å². The molecule has 0 saturated carbocycles. The molecular weight excluding hydrogens is 200 g/mol. The Labute approximate surface area is 97.0 Å². The second-order valence-electron chi connectivity index (χ2n) is 4.29. The molecule has 0 aromatic heterocycles. The number of anilines is 1. The Hall–Kier alpha value is -1.35. The highest BCUT2D eigenvalue weighted by molar-refractivity contribution is 5.93. The van der Waals surface area contributed by atoms with E-state index in [1.54, 1.807) is 0 Å². The molecule has 1 rings (SSSR count). The van der Waals surface area contributed by atoms with Gasteiger partial charge in [-0.05, 0) is 38.4 Å². The highest BCUT2D eigenvalue weighted by atomic mass is 16.1. The van der Waals surface area contributed by atoms with E-state index in [9.17, 15) is 4.79 Å². The molecular formula is C13H20N2O. The molecule has 16 heavy (non-hydrogen) atoms. The number of carbonyl (C=O) groups excluding carboxylic acids is 1. The molecule has 3 N–H and O–H groups in total. The summed E-state index contributed by atoms with van der Waals surface area (Å²) in [6.07, 6.45) is 0.719. The molecule has 0 bridgehead atoms. The Kier molecular flexibility index (Phi) is 4.50. The van der Waals surface area contributed by atoms with Crippen LogP contribution < -0.4 is 11.1 Å². The van der Waals surface area contributed by atoms with Crippen molar-refractivity contribution in [1.82, 2.24) is 0 Å². The van der Waals surface area contributed by atoms with E-state index in [0.29, 0.717) is 6.54 Å². The highest BCUT2D eigenvalue weighted by Crippen LogP contribution is 2.17. The average Bonchev–Trinajstić information content (AvgIpc) is 2.22. The Morgan fingerprint density at radius 3 is 2.69 bits per heavy atom. The van der Waals surface area contributed by atoms with Gasteiger partial charge in [0, 0.05) is 11.6 Å². The first-order chi connectivity index (χ1) is 7.54. The maximum atomic E-state index is 11.8. The van der Waals surface area contributed by atoms with E-state index in [1.165, 1.54) is 5.56 Å². The lowest BCUT2D eigenvalue weighted by Gasteiger charge is -2.13. The SMILES string of the molecule is Cc1ccc(NC(=O)C(C)CCN)c(C)c1. The van der Waals surface area contributed by atoms with Crippen LogP contribution in [0.5, 0.6) is 0 Å². The van der Waals surface area contributed by atoms with Gasteiger partial charge in [0.05, 0.1) is 0 Å². The zero-order valence-electron chi connectivity index (χ0n) is 10.2. The fourth-order valence-corrected chi connectivity index (χ4v) is 1.59. The lowest BCUT2D eigenvalue weighted by Crippen LogP contribution is -2.23. The van der Waals surface area contributed by atoms with Gasteiger partial charge in [-0.1, -0.05) is 24.6 Å². The molecule has 3 nitrogen and oxygen atoms in total. The molecule has 1 aromatic carbocycles. The Bertz CT molecular complexity index is 374. The van der Waals surface area contributed by atoms with Crippen LogP contribution in [0.3, 0.4) is 0 Å². The zero-order valence-corrected chi connectivity index (χ0v) is 10.2. The first-order valence-corrected chi connectivity index (χ1v) is 5.62. The van der Waals surface area contributed by atoms with Crippen LogP contribution in [0.4, 0.5) is 5.69 Å². The molecule has 0 fully saturated rings. The number of aryl methyl sites for hydroxylation is 2. The third-order valence-electron chi connectivity index (χ3n) is 2.69. The second kappa shape index (κ2) is 5.66. The summed E-state index contributed by atoms with van der Waals surface area (Å²) in [4.78, 5) is 11.8. The average molecular weight is 220 g/mol. The van der Waals surface area contributed by atoms with Crippen molar-refractivity contribution in [2.24, 2.45) is 11.7 Å². The number of hydrogen-bond acceptors (Lipinski definition) is 2. The van der Waals surface area contributed by atoms with Crippen LogP contribution in [0.25, 0.3) is 0 Å². The number of nitrogens with two attached hydrogens (primary N) is 1. The van der Waals surface area contributed by atoms with E-state index < -0.39 is 0 Å². The summed E-state index contributed by atoms with van der Waals surface area (Å²) >= 11 is 0. The van der Waals surface area contributed by atoms with Gasteiger partial charge in [-0.3, -0.25) is 4.79 Å². The molecule has 0 heterocycles.